The fourth-order valence-corrected chi connectivity index (χ4v) is 3.79. The number of amides is 1. The molecule has 0 aliphatic carbocycles. The molecule has 1 aromatic rings. The van der Waals surface area contributed by atoms with E-state index in [1.165, 1.54) is 5.56 Å². The first-order chi connectivity index (χ1) is 11.6. The van der Waals surface area contributed by atoms with Gasteiger partial charge in [-0.2, -0.15) is 0 Å². The molecule has 0 unspecified atom stereocenters. The molecule has 24 heavy (non-hydrogen) atoms. The minimum absolute atomic E-state index is 0.122. The average Bonchev–Trinajstić information content (AvgIpc) is 2.60. The lowest BCUT2D eigenvalue weighted by atomic mass is 9.92. The Morgan fingerprint density at radius 3 is 2.96 bits per heavy atom. The predicted octanol–water partition coefficient (Wildman–Crippen LogP) is 2.79. The number of piperidine rings is 1. The Hall–Kier alpha value is -1.88. The van der Waals surface area contributed by atoms with E-state index in [2.05, 4.69) is 12.1 Å². The van der Waals surface area contributed by atoms with E-state index < -0.39 is 5.97 Å². The van der Waals surface area contributed by atoms with Crippen LogP contribution < -0.4 is 0 Å². The highest BCUT2D eigenvalue weighted by Gasteiger charge is 2.28. The molecule has 2 aliphatic heterocycles. The van der Waals surface area contributed by atoms with Crippen molar-refractivity contribution in [1.29, 1.82) is 0 Å². The lowest BCUT2D eigenvalue weighted by Crippen LogP contribution is -2.41. The number of benzene rings is 1. The SMILES string of the molecule is O=C(O)CC[C@@H]1CCCN(C(=O)C[C@@H]2OCCc3ccccc32)C1. The highest BCUT2D eigenvalue weighted by atomic mass is 16.5. The van der Waals surface area contributed by atoms with Crippen molar-refractivity contribution in [2.24, 2.45) is 5.92 Å². The summed E-state index contributed by atoms with van der Waals surface area (Å²) in [5.74, 6) is -0.333. The Bertz CT molecular complexity index is 601. The lowest BCUT2D eigenvalue weighted by Gasteiger charge is -2.34. The van der Waals surface area contributed by atoms with Crippen LogP contribution in [0.1, 0.15) is 49.3 Å². The van der Waals surface area contributed by atoms with E-state index in [9.17, 15) is 9.59 Å². The van der Waals surface area contributed by atoms with E-state index in [1.54, 1.807) is 0 Å². The second-order valence-corrected chi connectivity index (χ2v) is 6.79. The monoisotopic (exact) mass is 331 g/mol. The number of hydrogen-bond donors (Lipinski definition) is 1. The molecule has 3 rings (SSSR count). The molecule has 1 amide bonds. The molecule has 1 fully saturated rings. The van der Waals surface area contributed by atoms with Crippen LogP contribution in [0.4, 0.5) is 0 Å². The fraction of sp³-hybridized carbons (Fsp3) is 0.579. The van der Waals surface area contributed by atoms with Gasteiger partial charge in [0.25, 0.3) is 0 Å². The van der Waals surface area contributed by atoms with Crippen LogP contribution in [0.3, 0.4) is 0 Å². The molecule has 1 N–H and O–H groups in total. The molecular weight excluding hydrogens is 306 g/mol. The summed E-state index contributed by atoms with van der Waals surface area (Å²) < 4.78 is 5.85. The van der Waals surface area contributed by atoms with Crippen LogP contribution in [0.2, 0.25) is 0 Å². The highest BCUT2D eigenvalue weighted by molar-refractivity contribution is 5.77. The van der Waals surface area contributed by atoms with Gasteiger partial charge in [0.15, 0.2) is 0 Å². The molecule has 1 saturated heterocycles. The minimum atomic E-state index is -0.759. The number of aliphatic carboxylic acids is 1. The van der Waals surface area contributed by atoms with E-state index in [0.717, 1.165) is 31.4 Å². The van der Waals surface area contributed by atoms with Crippen molar-refractivity contribution in [3.8, 4) is 0 Å². The number of carbonyl (C=O) groups excluding carboxylic acids is 1. The summed E-state index contributed by atoms with van der Waals surface area (Å²) in [5, 5.41) is 8.83. The summed E-state index contributed by atoms with van der Waals surface area (Å²) in [7, 11) is 0. The zero-order valence-corrected chi connectivity index (χ0v) is 13.9. The van der Waals surface area contributed by atoms with E-state index in [0.29, 0.717) is 31.9 Å². The van der Waals surface area contributed by atoms with Gasteiger partial charge in [-0.25, -0.2) is 0 Å². The first-order valence-electron chi connectivity index (χ1n) is 8.82. The Morgan fingerprint density at radius 2 is 2.12 bits per heavy atom. The van der Waals surface area contributed by atoms with Gasteiger partial charge >= 0.3 is 5.97 Å². The van der Waals surface area contributed by atoms with Gasteiger partial charge in [0, 0.05) is 19.5 Å². The Balaban J connectivity index is 1.58. The smallest absolute Gasteiger partial charge is 0.303 e. The number of rotatable bonds is 5. The number of carbonyl (C=O) groups is 2. The Labute approximate surface area is 142 Å². The topological polar surface area (TPSA) is 66.8 Å². The molecule has 5 heteroatoms. The molecular formula is C19H25NO4. The zero-order chi connectivity index (χ0) is 16.9. The summed E-state index contributed by atoms with van der Waals surface area (Å²) in [6, 6.07) is 8.19. The van der Waals surface area contributed by atoms with E-state index in [4.69, 9.17) is 9.84 Å². The normalized spacial score (nSPS) is 23.6. The summed E-state index contributed by atoms with van der Waals surface area (Å²) in [5.41, 5.74) is 2.41. The van der Waals surface area contributed by atoms with Crippen LogP contribution in [-0.2, 0) is 20.7 Å². The maximum Gasteiger partial charge on any atom is 0.303 e. The summed E-state index contributed by atoms with van der Waals surface area (Å²) in [6.07, 6.45) is 3.94. The highest BCUT2D eigenvalue weighted by Crippen LogP contribution is 2.31. The van der Waals surface area contributed by atoms with Gasteiger partial charge in [0.2, 0.25) is 5.91 Å². The fourth-order valence-electron chi connectivity index (χ4n) is 3.79. The van der Waals surface area contributed by atoms with Crippen LogP contribution in [-0.4, -0.2) is 41.6 Å². The maximum atomic E-state index is 12.7. The van der Waals surface area contributed by atoms with Crippen LogP contribution in [0.15, 0.2) is 24.3 Å². The Kier molecular flexibility index (Phi) is 5.51. The van der Waals surface area contributed by atoms with Gasteiger partial charge in [0.05, 0.1) is 19.1 Å². The van der Waals surface area contributed by atoms with Gasteiger partial charge in [-0.05, 0) is 42.7 Å². The number of nitrogens with zero attached hydrogens (tertiary/aromatic N) is 1. The number of carboxylic acids is 1. The van der Waals surface area contributed by atoms with Crippen molar-refractivity contribution < 1.29 is 19.4 Å². The predicted molar refractivity (Wildman–Crippen MR) is 89.6 cm³/mol. The second-order valence-electron chi connectivity index (χ2n) is 6.79. The van der Waals surface area contributed by atoms with Crippen LogP contribution in [0.5, 0.6) is 0 Å². The number of carboxylic acid groups (broad SMARTS) is 1. The molecule has 2 aliphatic rings. The Morgan fingerprint density at radius 1 is 1.29 bits per heavy atom. The van der Waals surface area contributed by atoms with Gasteiger partial charge < -0.3 is 14.7 Å². The third kappa shape index (κ3) is 4.15. The molecule has 5 nitrogen and oxygen atoms in total. The number of fused-ring (bicyclic) bond motifs is 1. The number of ether oxygens (including phenoxy) is 1. The van der Waals surface area contributed by atoms with E-state index in [1.807, 2.05) is 17.0 Å². The standard InChI is InChI=1S/C19H25NO4/c21-18(20-10-3-4-14(13-20)7-8-19(22)23)12-17-16-6-2-1-5-15(16)9-11-24-17/h1-2,5-6,14,17H,3-4,7-13H2,(H,22,23)/t14-,17-/m0/s1. The molecule has 1 aromatic carbocycles. The van der Waals surface area contributed by atoms with Crippen molar-refractivity contribution in [1.82, 2.24) is 4.90 Å². The van der Waals surface area contributed by atoms with Crippen molar-refractivity contribution in [3.05, 3.63) is 35.4 Å². The molecule has 0 radical (unpaired) electrons. The summed E-state index contributed by atoms with van der Waals surface area (Å²) in [6.45, 7) is 2.12. The third-order valence-electron chi connectivity index (χ3n) is 5.09. The van der Waals surface area contributed by atoms with E-state index in [-0.39, 0.29) is 18.4 Å². The van der Waals surface area contributed by atoms with Crippen molar-refractivity contribution in [2.45, 2.75) is 44.6 Å². The summed E-state index contributed by atoms with van der Waals surface area (Å²) in [4.78, 5) is 25.3. The van der Waals surface area contributed by atoms with Crippen molar-refractivity contribution >= 4 is 11.9 Å². The van der Waals surface area contributed by atoms with E-state index >= 15 is 0 Å². The second kappa shape index (κ2) is 7.79. The largest absolute Gasteiger partial charge is 0.481 e. The van der Waals surface area contributed by atoms with Crippen molar-refractivity contribution in [2.75, 3.05) is 19.7 Å². The van der Waals surface area contributed by atoms with Gasteiger partial charge in [-0.1, -0.05) is 24.3 Å². The van der Waals surface area contributed by atoms with Gasteiger partial charge in [-0.3, -0.25) is 9.59 Å². The molecule has 130 valence electrons. The molecule has 0 spiro atoms. The average molecular weight is 331 g/mol. The number of likely N-dealkylation sites (tertiary alicyclic amines) is 1. The number of hydrogen-bond acceptors (Lipinski definition) is 3. The minimum Gasteiger partial charge on any atom is -0.481 e. The molecule has 0 saturated carbocycles. The van der Waals surface area contributed by atoms with Gasteiger partial charge in [0.1, 0.15) is 0 Å². The van der Waals surface area contributed by atoms with Crippen molar-refractivity contribution in [3.63, 3.8) is 0 Å². The molecule has 0 aromatic heterocycles. The zero-order valence-electron chi connectivity index (χ0n) is 13.9. The van der Waals surface area contributed by atoms with Crippen LogP contribution in [0, 0.1) is 5.92 Å². The molecule has 2 atom stereocenters. The quantitative estimate of drug-likeness (QED) is 0.901. The van der Waals surface area contributed by atoms with Gasteiger partial charge in [-0.15, -0.1) is 0 Å². The first kappa shape index (κ1) is 17.0. The lowest BCUT2D eigenvalue weighted by molar-refractivity contribution is -0.137. The first-order valence-corrected chi connectivity index (χ1v) is 8.82. The molecule has 2 heterocycles. The maximum absolute atomic E-state index is 12.7. The van der Waals surface area contributed by atoms with Crippen LogP contribution in [0.25, 0.3) is 0 Å². The molecule has 0 bridgehead atoms. The summed E-state index contributed by atoms with van der Waals surface area (Å²) >= 11 is 0. The third-order valence-corrected chi connectivity index (χ3v) is 5.09. The van der Waals surface area contributed by atoms with Crippen LogP contribution >= 0.6 is 0 Å².